The fourth-order valence-electron chi connectivity index (χ4n) is 4.83. The first-order valence-electron chi connectivity index (χ1n) is 10.4. The number of fused-ring (bicyclic) bond motifs is 5. The number of ether oxygens (including phenoxy) is 2. The zero-order valence-corrected chi connectivity index (χ0v) is 21.2. The molecule has 0 saturated carbocycles. The third-order valence-corrected chi connectivity index (χ3v) is 8.54. The number of carbonyl (C=O) groups is 1. The van der Waals surface area contributed by atoms with Gasteiger partial charge in [0.2, 0.25) is 5.60 Å². The molecule has 0 aliphatic carbocycles. The number of aliphatic hydroxyl groups excluding tert-OH is 1. The summed E-state index contributed by atoms with van der Waals surface area (Å²) in [6, 6.07) is 8.01. The van der Waals surface area contributed by atoms with Crippen LogP contribution in [0.3, 0.4) is 0 Å². The first-order valence-corrected chi connectivity index (χ1v) is 12.2. The number of morpholine rings is 1. The Labute approximate surface area is 201 Å². The third kappa shape index (κ3) is 4.38. The minimum absolute atomic E-state index is 0. The highest BCUT2D eigenvalue weighted by atomic mass is 79.9. The van der Waals surface area contributed by atoms with Gasteiger partial charge in [0, 0.05) is 19.4 Å². The molecule has 0 aromatic carbocycles. The first kappa shape index (κ1) is 24.8. The molecule has 3 saturated heterocycles. The lowest BCUT2D eigenvalue weighted by Gasteiger charge is -2.45. The smallest absolute Gasteiger partial charge is 0.349 e. The molecule has 2 aromatic heterocycles. The molecule has 2 N–H and O–H groups in total. The average Bonchev–Trinajstić information content (AvgIpc) is 3.08. The topological polar surface area (TPSA) is 79.3 Å². The van der Waals surface area contributed by atoms with Gasteiger partial charge in [0.05, 0.1) is 23.8 Å². The molecule has 5 atom stereocenters. The second-order valence-corrected chi connectivity index (χ2v) is 10.6. The Kier molecular flexibility index (Phi) is 7.68. The summed E-state index contributed by atoms with van der Waals surface area (Å²) < 4.78 is 12.6. The summed E-state index contributed by atoms with van der Waals surface area (Å²) in [4.78, 5) is 14.3. The number of hydrogen-bond donors (Lipinski definition) is 2. The SMILES string of the molecule is CCCO.C[N+]1(C)[C@@H]2CC(OC(=O)C(O)(c3cccs3)c3cccs3)C[C@H]1[C@@H]1O[C@@H]12.[Br-]. The van der Waals surface area contributed by atoms with E-state index in [9.17, 15) is 9.90 Å². The number of thiophene rings is 2. The Morgan fingerprint density at radius 2 is 1.65 bits per heavy atom. The number of rotatable bonds is 5. The number of aliphatic hydroxyl groups is 2. The molecule has 3 fully saturated rings. The number of nitrogens with zero attached hydrogens (tertiary/aromatic N) is 1. The highest BCUT2D eigenvalue weighted by Gasteiger charge is 2.71. The van der Waals surface area contributed by atoms with Crippen molar-refractivity contribution in [1.82, 2.24) is 0 Å². The van der Waals surface area contributed by atoms with Gasteiger partial charge >= 0.3 is 5.97 Å². The van der Waals surface area contributed by atoms with Crippen molar-refractivity contribution in [1.29, 1.82) is 0 Å². The van der Waals surface area contributed by atoms with E-state index in [0.29, 0.717) is 40.7 Å². The van der Waals surface area contributed by atoms with Gasteiger partial charge in [0.1, 0.15) is 30.4 Å². The van der Waals surface area contributed by atoms with Crippen LogP contribution in [0, 0.1) is 0 Å². The van der Waals surface area contributed by atoms with E-state index in [0.717, 1.165) is 23.7 Å². The van der Waals surface area contributed by atoms with E-state index < -0.39 is 11.6 Å². The lowest BCUT2D eigenvalue weighted by Crippen LogP contribution is -3.00. The van der Waals surface area contributed by atoms with Crippen molar-refractivity contribution in [3.05, 3.63) is 44.8 Å². The van der Waals surface area contributed by atoms with Crippen molar-refractivity contribution >= 4 is 28.6 Å². The highest BCUT2D eigenvalue weighted by molar-refractivity contribution is 7.12. The Hall–Kier alpha value is -0.810. The maximum absolute atomic E-state index is 13.1. The quantitative estimate of drug-likeness (QED) is 0.315. The monoisotopic (exact) mass is 531 g/mol. The minimum atomic E-state index is -1.72. The molecule has 31 heavy (non-hydrogen) atoms. The molecule has 0 amide bonds. The van der Waals surface area contributed by atoms with Crippen molar-refractivity contribution in [2.45, 2.75) is 62.2 Å². The van der Waals surface area contributed by atoms with E-state index in [2.05, 4.69) is 14.1 Å². The molecule has 172 valence electrons. The molecule has 2 bridgehead atoms. The summed E-state index contributed by atoms with van der Waals surface area (Å²) in [6.45, 7) is 2.25. The standard InChI is InChI=1S/C19H22NO4S2.C3H8O.BrH/c1-20(2)12-9-11(10-13(20)17-16(12)24-17)23-18(21)19(22,14-5-3-7-25-14)15-6-4-8-26-15;1-2-3-4;/h3-8,11-13,16-17,22H,9-10H2,1-2H3;4H,2-3H2,1H3;1H/q+1;;/p-1/t11?,12-,13+,16-,17+;;. The number of halogens is 1. The van der Waals surface area contributed by atoms with Gasteiger partial charge in [-0.1, -0.05) is 19.1 Å². The van der Waals surface area contributed by atoms with Crippen LogP contribution >= 0.6 is 22.7 Å². The van der Waals surface area contributed by atoms with Gasteiger partial charge < -0.3 is 41.2 Å². The molecule has 0 spiro atoms. The molecule has 1 unspecified atom stereocenters. The van der Waals surface area contributed by atoms with Crippen LogP contribution in [-0.2, 0) is 19.9 Å². The summed E-state index contributed by atoms with van der Waals surface area (Å²) >= 11 is 2.74. The van der Waals surface area contributed by atoms with E-state index >= 15 is 0 Å². The van der Waals surface area contributed by atoms with Gasteiger partial charge in [0.15, 0.2) is 0 Å². The summed E-state index contributed by atoms with van der Waals surface area (Å²) in [5, 5.41) is 23.0. The highest BCUT2D eigenvalue weighted by Crippen LogP contribution is 2.52. The first-order chi connectivity index (χ1) is 14.3. The Morgan fingerprint density at radius 3 is 2.03 bits per heavy atom. The molecular formula is C22H30BrNO5S2. The van der Waals surface area contributed by atoms with E-state index in [1.165, 1.54) is 22.7 Å². The predicted octanol–water partition coefficient (Wildman–Crippen LogP) is -0.262. The van der Waals surface area contributed by atoms with Crippen molar-refractivity contribution in [3.8, 4) is 0 Å². The van der Waals surface area contributed by atoms with Crippen LogP contribution in [0.15, 0.2) is 35.0 Å². The number of piperidine rings is 1. The van der Waals surface area contributed by atoms with Crippen LogP contribution in [0.25, 0.3) is 0 Å². The second-order valence-electron chi connectivity index (χ2n) is 8.72. The van der Waals surface area contributed by atoms with Crippen molar-refractivity contribution in [2.75, 3.05) is 20.7 Å². The van der Waals surface area contributed by atoms with Crippen molar-refractivity contribution in [3.63, 3.8) is 0 Å². The van der Waals surface area contributed by atoms with E-state index in [-0.39, 0.29) is 23.1 Å². The molecule has 0 radical (unpaired) electrons. The third-order valence-electron chi connectivity index (χ3n) is 6.59. The summed E-state index contributed by atoms with van der Waals surface area (Å²) in [5.41, 5.74) is -1.72. The maximum atomic E-state index is 13.1. The lowest BCUT2D eigenvalue weighted by atomic mass is 9.95. The van der Waals surface area contributed by atoms with Gasteiger partial charge in [-0.2, -0.15) is 0 Å². The normalized spacial score (nSPS) is 29.8. The van der Waals surface area contributed by atoms with Crippen LogP contribution in [0.5, 0.6) is 0 Å². The fraction of sp³-hybridized carbons (Fsp3) is 0.591. The second kappa shape index (κ2) is 9.59. The van der Waals surface area contributed by atoms with Gasteiger partial charge in [-0.05, 0) is 29.3 Å². The molecular weight excluding hydrogens is 502 g/mol. The van der Waals surface area contributed by atoms with Crippen LogP contribution in [0.1, 0.15) is 35.9 Å². The lowest BCUT2D eigenvalue weighted by molar-refractivity contribution is -0.938. The van der Waals surface area contributed by atoms with Crippen LogP contribution in [0.2, 0.25) is 0 Å². The fourth-order valence-corrected chi connectivity index (χ4v) is 6.54. The summed E-state index contributed by atoms with van der Waals surface area (Å²) in [7, 11) is 4.49. The largest absolute Gasteiger partial charge is 1.00 e. The summed E-state index contributed by atoms with van der Waals surface area (Å²) in [5.74, 6) is -0.561. The van der Waals surface area contributed by atoms with Crippen molar-refractivity contribution < 1.29 is 45.9 Å². The zero-order valence-electron chi connectivity index (χ0n) is 17.9. The number of esters is 1. The molecule has 6 nitrogen and oxygen atoms in total. The average molecular weight is 533 g/mol. The predicted molar refractivity (Wildman–Crippen MR) is 116 cm³/mol. The van der Waals surface area contributed by atoms with Gasteiger partial charge in [0.25, 0.3) is 0 Å². The maximum Gasteiger partial charge on any atom is 0.349 e. The number of carbonyl (C=O) groups excluding carboxylic acids is 1. The minimum Gasteiger partial charge on any atom is -1.00 e. The molecule has 3 aliphatic rings. The van der Waals surface area contributed by atoms with Crippen LogP contribution in [0.4, 0.5) is 0 Å². The van der Waals surface area contributed by atoms with Crippen LogP contribution in [-0.4, -0.2) is 71.8 Å². The molecule has 3 aliphatic heterocycles. The number of likely N-dealkylation sites (N-methyl/N-ethyl adjacent to an activating group) is 1. The summed E-state index contributed by atoms with van der Waals surface area (Å²) in [6.07, 6.45) is 2.92. The zero-order chi connectivity index (χ0) is 21.5. The number of quaternary nitrogens is 1. The van der Waals surface area contributed by atoms with E-state index in [1.807, 2.05) is 29.8 Å². The molecule has 5 rings (SSSR count). The number of epoxide rings is 1. The van der Waals surface area contributed by atoms with E-state index in [4.69, 9.17) is 14.6 Å². The number of hydrogen-bond acceptors (Lipinski definition) is 7. The molecule has 2 aromatic rings. The Bertz CT molecular complexity index is 801. The van der Waals surface area contributed by atoms with E-state index in [1.54, 1.807) is 12.1 Å². The van der Waals surface area contributed by atoms with Crippen LogP contribution < -0.4 is 17.0 Å². The molecule has 9 heteroatoms. The Balaban J connectivity index is 0.000000504. The van der Waals surface area contributed by atoms with Crippen molar-refractivity contribution in [2.24, 2.45) is 0 Å². The van der Waals surface area contributed by atoms with Gasteiger partial charge in [-0.15, -0.1) is 22.7 Å². The molecule has 5 heterocycles. The Morgan fingerprint density at radius 1 is 1.16 bits per heavy atom. The van der Waals surface area contributed by atoms with Gasteiger partial charge in [-0.25, -0.2) is 4.79 Å². The van der Waals surface area contributed by atoms with Gasteiger partial charge in [-0.3, -0.25) is 0 Å².